The predicted octanol–water partition coefficient (Wildman–Crippen LogP) is 1.78. The van der Waals surface area contributed by atoms with E-state index in [2.05, 4.69) is 0 Å². The number of aromatic nitrogens is 1. The van der Waals surface area contributed by atoms with Crippen molar-refractivity contribution in [1.29, 1.82) is 0 Å². The van der Waals surface area contributed by atoms with E-state index in [0.29, 0.717) is 29.3 Å². The molecule has 4 nitrogen and oxygen atoms in total. The van der Waals surface area contributed by atoms with Crippen molar-refractivity contribution in [1.82, 2.24) is 4.57 Å². The number of halogens is 1. The zero-order valence-corrected chi connectivity index (χ0v) is 10.8. The van der Waals surface area contributed by atoms with E-state index >= 15 is 0 Å². The molecule has 0 saturated heterocycles. The molecule has 2 heterocycles. The van der Waals surface area contributed by atoms with Crippen molar-refractivity contribution in [2.24, 2.45) is 0 Å². The first-order valence-electron chi connectivity index (χ1n) is 5.79. The highest BCUT2D eigenvalue weighted by Crippen LogP contribution is 2.31. The minimum atomic E-state index is -1.05. The highest BCUT2D eigenvalue weighted by Gasteiger charge is 2.26. The predicted molar refractivity (Wildman–Crippen MR) is 65.4 cm³/mol. The Kier molecular flexibility index (Phi) is 3.56. The van der Waals surface area contributed by atoms with Crippen LogP contribution in [-0.2, 0) is 17.7 Å². The number of ether oxygens (including phenoxy) is 1. The molecule has 0 radical (unpaired) electrons. The molecule has 0 amide bonds. The first kappa shape index (κ1) is 12.6. The summed E-state index contributed by atoms with van der Waals surface area (Å²) < 4.78 is 6.88. The van der Waals surface area contributed by atoms with E-state index in [1.807, 2.05) is 0 Å². The largest absolute Gasteiger partial charge is 0.364 e. The quantitative estimate of drug-likeness (QED) is 0.840. The van der Waals surface area contributed by atoms with Gasteiger partial charge in [0.05, 0.1) is 5.02 Å². The van der Waals surface area contributed by atoms with Crippen LogP contribution in [0.15, 0.2) is 4.79 Å². The lowest BCUT2D eigenvalue weighted by molar-refractivity contribution is -0.0987. The molecule has 1 aromatic heterocycles. The summed E-state index contributed by atoms with van der Waals surface area (Å²) >= 11 is 6.16. The summed E-state index contributed by atoms with van der Waals surface area (Å²) in [6.07, 6.45) is 0.612. The average molecular weight is 258 g/mol. The SMILES string of the molecule is CCOC(O)c1c(Cl)c(C)c(=O)n2c1CCC2. The summed E-state index contributed by atoms with van der Waals surface area (Å²) in [5, 5.41) is 10.3. The topological polar surface area (TPSA) is 51.5 Å². The highest BCUT2D eigenvalue weighted by molar-refractivity contribution is 6.32. The van der Waals surface area contributed by atoms with Crippen LogP contribution in [0.3, 0.4) is 0 Å². The Balaban J connectivity index is 2.63. The maximum Gasteiger partial charge on any atom is 0.255 e. The molecule has 1 N–H and O–H groups in total. The van der Waals surface area contributed by atoms with Crippen LogP contribution in [0.25, 0.3) is 0 Å². The number of hydrogen-bond donors (Lipinski definition) is 1. The second kappa shape index (κ2) is 4.80. The van der Waals surface area contributed by atoms with Crippen molar-refractivity contribution in [2.45, 2.75) is 39.5 Å². The average Bonchev–Trinajstić information content (AvgIpc) is 2.75. The van der Waals surface area contributed by atoms with Gasteiger partial charge >= 0.3 is 0 Å². The van der Waals surface area contributed by atoms with E-state index in [9.17, 15) is 9.90 Å². The van der Waals surface area contributed by atoms with E-state index in [4.69, 9.17) is 16.3 Å². The van der Waals surface area contributed by atoms with E-state index in [1.165, 1.54) is 0 Å². The van der Waals surface area contributed by atoms with Crippen LogP contribution >= 0.6 is 11.6 Å². The van der Waals surface area contributed by atoms with Gasteiger partial charge in [-0.25, -0.2) is 0 Å². The van der Waals surface area contributed by atoms with Crippen molar-refractivity contribution in [3.8, 4) is 0 Å². The molecule has 0 fully saturated rings. The van der Waals surface area contributed by atoms with Crippen molar-refractivity contribution in [3.63, 3.8) is 0 Å². The normalized spacial score (nSPS) is 16.0. The lowest BCUT2D eigenvalue weighted by Crippen LogP contribution is -2.25. The Labute approximate surface area is 105 Å². The van der Waals surface area contributed by atoms with Gasteiger partial charge in [-0.2, -0.15) is 0 Å². The van der Waals surface area contributed by atoms with Crippen molar-refractivity contribution >= 4 is 11.6 Å². The summed E-state index contributed by atoms with van der Waals surface area (Å²) in [5.41, 5.74) is 1.79. The summed E-state index contributed by atoms with van der Waals surface area (Å²) in [4.78, 5) is 12.0. The Morgan fingerprint density at radius 1 is 1.59 bits per heavy atom. The van der Waals surface area contributed by atoms with Gasteiger partial charge in [-0.15, -0.1) is 0 Å². The summed E-state index contributed by atoms with van der Waals surface area (Å²) in [7, 11) is 0. The van der Waals surface area contributed by atoms with Gasteiger partial charge < -0.3 is 14.4 Å². The molecular weight excluding hydrogens is 242 g/mol. The molecule has 17 heavy (non-hydrogen) atoms. The molecular formula is C12H16ClNO3. The molecule has 1 aromatic rings. The molecule has 0 bridgehead atoms. The van der Waals surface area contributed by atoms with Gasteiger partial charge in [0, 0.05) is 30.0 Å². The van der Waals surface area contributed by atoms with Gasteiger partial charge in [-0.3, -0.25) is 4.79 Å². The number of rotatable bonds is 3. The Bertz CT molecular complexity index is 496. The second-order valence-electron chi connectivity index (χ2n) is 4.17. The fourth-order valence-electron chi connectivity index (χ4n) is 2.30. The standard InChI is InChI=1S/C12H16ClNO3/c1-3-17-12(16)9-8-5-4-6-14(8)11(15)7(2)10(9)13/h12,16H,3-6H2,1-2H3. The van der Waals surface area contributed by atoms with Crippen molar-refractivity contribution < 1.29 is 9.84 Å². The van der Waals surface area contributed by atoms with E-state index in [1.54, 1.807) is 18.4 Å². The third-order valence-corrected chi connectivity index (χ3v) is 3.62. The monoisotopic (exact) mass is 257 g/mol. The van der Waals surface area contributed by atoms with Crippen LogP contribution < -0.4 is 5.56 Å². The maximum absolute atomic E-state index is 12.0. The molecule has 0 saturated carbocycles. The molecule has 1 aliphatic heterocycles. The Morgan fingerprint density at radius 3 is 2.94 bits per heavy atom. The van der Waals surface area contributed by atoms with Gasteiger partial charge in [-0.05, 0) is 26.7 Å². The van der Waals surface area contributed by atoms with Gasteiger partial charge in [0.1, 0.15) is 0 Å². The molecule has 1 unspecified atom stereocenters. The number of aliphatic hydroxyl groups excluding tert-OH is 1. The van der Waals surface area contributed by atoms with Gasteiger partial charge in [-0.1, -0.05) is 11.6 Å². The van der Waals surface area contributed by atoms with E-state index in [-0.39, 0.29) is 5.56 Å². The molecule has 2 rings (SSSR count). The van der Waals surface area contributed by atoms with Crippen LogP contribution in [0.4, 0.5) is 0 Å². The molecule has 0 aliphatic carbocycles. The van der Waals surface area contributed by atoms with Crippen LogP contribution in [-0.4, -0.2) is 16.3 Å². The zero-order chi connectivity index (χ0) is 12.6. The minimum Gasteiger partial charge on any atom is -0.364 e. The van der Waals surface area contributed by atoms with Crippen LogP contribution in [0.2, 0.25) is 5.02 Å². The van der Waals surface area contributed by atoms with Gasteiger partial charge in [0.15, 0.2) is 6.29 Å². The molecule has 0 aromatic carbocycles. The lowest BCUT2D eigenvalue weighted by atomic mass is 10.1. The summed E-state index contributed by atoms with van der Waals surface area (Å²) in [6, 6.07) is 0. The molecule has 1 aliphatic rings. The fourth-order valence-corrected chi connectivity index (χ4v) is 2.58. The maximum atomic E-state index is 12.0. The van der Waals surface area contributed by atoms with Crippen molar-refractivity contribution in [2.75, 3.05) is 6.61 Å². The fraction of sp³-hybridized carbons (Fsp3) is 0.583. The Morgan fingerprint density at radius 2 is 2.29 bits per heavy atom. The smallest absolute Gasteiger partial charge is 0.255 e. The third kappa shape index (κ3) is 2.01. The highest BCUT2D eigenvalue weighted by atomic mass is 35.5. The number of aliphatic hydroxyl groups is 1. The van der Waals surface area contributed by atoms with E-state index < -0.39 is 6.29 Å². The number of pyridine rings is 1. The molecule has 0 spiro atoms. The number of nitrogens with zero attached hydrogens (tertiary/aromatic N) is 1. The van der Waals surface area contributed by atoms with Crippen molar-refractivity contribution in [3.05, 3.63) is 32.2 Å². The van der Waals surface area contributed by atoms with E-state index in [0.717, 1.165) is 18.5 Å². The van der Waals surface area contributed by atoms with Crippen LogP contribution in [0, 0.1) is 6.92 Å². The summed E-state index contributed by atoms with van der Waals surface area (Å²) in [5.74, 6) is 0. The molecule has 5 heteroatoms. The van der Waals surface area contributed by atoms with Crippen LogP contribution in [0.1, 0.15) is 36.5 Å². The van der Waals surface area contributed by atoms with Crippen LogP contribution in [0.5, 0.6) is 0 Å². The second-order valence-corrected chi connectivity index (χ2v) is 4.55. The minimum absolute atomic E-state index is 0.0602. The zero-order valence-electron chi connectivity index (χ0n) is 9.99. The molecule has 94 valence electrons. The first-order valence-corrected chi connectivity index (χ1v) is 6.17. The Hall–Kier alpha value is -0.840. The van der Waals surface area contributed by atoms with Gasteiger partial charge in [0.25, 0.3) is 5.56 Å². The first-order chi connectivity index (χ1) is 8.07. The lowest BCUT2D eigenvalue weighted by Gasteiger charge is -2.18. The molecule has 1 atom stereocenters. The third-order valence-electron chi connectivity index (χ3n) is 3.14. The number of fused-ring (bicyclic) bond motifs is 1. The number of hydrogen-bond acceptors (Lipinski definition) is 3. The summed E-state index contributed by atoms with van der Waals surface area (Å²) in [6.45, 7) is 4.57. The van der Waals surface area contributed by atoms with Gasteiger partial charge in [0.2, 0.25) is 0 Å².